The van der Waals surface area contributed by atoms with E-state index in [0.717, 1.165) is 49.0 Å². The standard InChI is InChI=1S/C23H26ClN7OS/c1-14(2)10-22-29-17-13-25-21(31-26-8-9-27-31)12-18(17)30(22)16-5-3-4-15(11-16)28-23(32)19-6-7-20(24)33-19/h6-9,12-16H,3-5,10-11H2,1-2H3,(H,28,32). The molecule has 0 radical (unpaired) electrons. The normalized spacial score (nSPS) is 18.8. The van der Waals surface area contributed by atoms with Crippen LogP contribution in [-0.2, 0) is 6.42 Å². The summed E-state index contributed by atoms with van der Waals surface area (Å²) < 4.78 is 2.99. The van der Waals surface area contributed by atoms with Crippen LogP contribution in [0.1, 0.15) is 61.1 Å². The van der Waals surface area contributed by atoms with Crippen molar-refractivity contribution in [3.8, 4) is 5.82 Å². The average Bonchev–Trinajstić information content (AvgIpc) is 3.52. The molecule has 1 aliphatic rings. The van der Waals surface area contributed by atoms with Gasteiger partial charge in [0.25, 0.3) is 5.91 Å². The van der Waals surface area contributed by atoms with E-state index in [1.165, 1.54) is 16.1 Å². The number of nitrogens with one attached hydrogen (secondary N) is 1. The van der Waals surface area contributed by atoms with Crippen LogP contribution in [0.3, 0.4) is 0 Å². The third-order valence-corrected chi connectivity index (χ3v) is 7.22. The maximum absolute atomic E-state index is 12.7. The average molecular weight is 484 g/mol. The van der Waals surface area contributed by atoms with E-state index in [-0.39, 0.29) is 18.0 Å². The molecule has 4 heterocycles. The van der Waals surface area contributed by atoms with E-state index >= 15 is 0 Å². The Morgan fingerprint density at radius 1 is 1.27 bits per heavy atom. The molecule has 8 nitrogen and oxygen atoms in total. The first-order chi connectivity index (χ1) is 16.0. The summed E-state index contributed by atoms with van der Waals surface area (Å²) in [5, 5.41) is 11.7. The number of imidazole rings is 1. The van der Waals surface area contributed by atoms with Crippen molar-refractivity contribution in [3.63, 3.8) is 0 Å². The quantitative estimate of drug-likeness (QED) is 0.423. The van der Waals surface area contributed by atoms with Crippen molar-refractivity contribution in [2.24, 2.45) is 5.92 Å². The third-order valence-electron chi connectivity index (χ3n) is 5.99. The van der Waals surface area contributed by atoms with E-state index < -0.39 is 0 Å². The zero-order valence-electron chi connectivity index (χ0n) is 18.6. The van der Waals surface area contributed by atoms with Gasteiger partial charge in [0.2, 0.25) is 0 Å². The zero-order valence-corrected chi connectivity index (χ0v) is 20.2. The molecule has 0 aliphatic heterocycles. The number of hydrogen-bond acceptors (Lipinski definition) is 6. The molecule has 172 valence electrons. The summed E-state index contributed by atoms with van der Waals surface area (Å²) >= 11 is 7.33. The molecule has 1 saturated carbocycles. The molecular weight excluding hydrogens is 458 g/mol. The zero-order chi connectivity index (χ0) is 22.9. The molecule has 2 unspecified atom stereocenters. The van der Waals surface area contributed by atoms with E-state index in [0.29, 0.717) is 20.9 Å². The van der Waals surface area contributed by atoms with Gasteiger partial charge in [0.1, 0.15) is 11.3 Å². The summed E-state index contributed by atoms with van der Waals surface area (Å²) in [6.45, 7) is 4.41. The smallest absolute Gasteiger partial charge is 0.261 e. The summed E-state index contributed by atoms with van der Waals surface area (Å²) in [7, 11) is 0. The Balaban J connectivity index is 1.46. The molecule has 0 spiro atoms. The van der Waals surface area contributed by atoms with Gasteiger partial charge in [0.15, 0.2) is 5.82 Å². The molecule has 1 N–H and O–H groups in total. The third kappa shape index (κ3) is 4.65. The molecule has 0 aromatic carbocycles. The highest BCUT2D eigenvalue weighted by Gasteiger charge is 2.28. The number of hydrogen-bond donors (Lipinski definition) is 1. The number of pyridine rings is 1. The second-order valence-electron chi connectivity index (χ2n) is 8.94. The van der Waals surface area contributed by atoms with Gasteiger partial charge in [0.05, 0.1) is 33.3 Å². The Morgan fingerprint density at radius 3 is 2.82 bits per heavy atom. The van der Waals surface area contributed by atoms with Gasteiger partial charge in [-0.1, -0.05) is 25.4 Å². The number of nitrogens with zero attached hydrogens (tertiary/aromatic N) is 6. The minimum atomic E-state index is -0.0494. The van der Waals surface area contributed by atoms with E-state index in [1.54, 1.807) is 30.7 Å². The number of aromatic nitrogens is 6. The maximum Gasteiger partial charge on any atom is 0.261 e. The van der Waals surface area contributed by atoms with Crippen LogP contribution in [0, 0.1) is 5.92 Å². The van der Waals surface area contributed by atoms with Crippen LogP contribution < -0.4 is 5.32 Å². The first kappa shape index (κ1) is 22.0. The second-order valence-corrected chi connectivity index (χ2v) is 10.7. The molecule has 5 rings (SSSR count). The minimum Gasteiger partial charge on any atom is -0.349 e. The fourth-order valence-corrected chi connectivity index (χ4v) is 5.57. The largest absolute Gasteiger partial charge is 0.349 e. The van der Waals surface area contributed by atoms with Gasteiger partial charge in [-0.2, -0.15) is 10.2 Å². The number of amides is 1. The SMILES string of the molecule is CC(C)Cc1nc2cnc(-n3nccn3)cc2n1C1CCCC(NC(=O)c2ccc(Cl)s2)C1. The van der Waals surface area contributed by atoms with Crippen LogP contribution in [0.4, 0.5) is 0 Å². The number of carbonyl (C=O) groups excluding carboxylic acids is 1. The summed E-state index contributed by atoms with van der Waals surface area (Å²) in [5.41, 5.74) is 1.91. The Labute approximate surface area is 201 Å². The van der Waals surface area contributed by atoms with Crippen LogP contribution in [0.25, 0.3) is 16.9 Å². The Kier molecular flexibility index (Phi) is 6.16. The molecule has 0 bridgehead atoms. The van der Waals surface area contributed by atoms with Gasteiger partial charge in [0, 0.05) is 24.6 Å². The fourth-order valence-electron chi connectivity index (χ4n) is 4.62. The molecule has 1 aliphatic carbocycles. The van der Waals surface area contributed by atoms with Gasteiger partial charge in [-0.15, -0.1) is 16.1 Å². The van der Waals surface area contributed by atoms with Crippen molar-refractivity contribution in [2.45, 2.75) is 58.0 Å². The lowest BCUT2D eigenvalue weighted by Gasteiger charge is -2.32. The van der Waals surface area contributed by atoms with Crippen LogP contribution in [0.2, 0.25) is 4.34 Å². The van der Waals surface area contributed by atoms with Crippen LogP contribution >= 0.6 is 22.9 Å². The number of rotatable bonds is 6. The highest BCUT2D eigenvalue weighted by Crippen LogP contribution is 2.34. The van der Waals surface area contributed by atoms with Crippen molar-refractivity contribution < 1.29 is 4.79 Å². The van der Waals surface area contributed by atoms with Crippen molar-refractivity contribution in [1.82, 2.24) is 34.8 Å². The molecule has 0 saturated heterocycles. The van der Waals surface area contributed by atoms with Crippen molar-refractivity contribution in [2.75, 3.05) is 0 Å². The van der Waals surface area contributed by atoms with Crippen LogP contribution in [-0.4, -0.2) is 41.5 Å². The maximum atomic E-state index is 12.7. The number of fused-ring (bicyclic) bond motifs is 1. The molecule has 2 atom stereocenters. The first-order valence-corrected chi connectivity index (χ1v) is 12.5. The highest BCUT2D eigenvalue weighted by atomic mass is 35.5. The lowest BCUT2D eigenvalue weighted by atomic mass is 9.90. The topological polar surface area (TPSA) is 90.5 Å². The van der Waals surface area contributed by atoms with Gasteiger partial charge in [-0.25, -0.2) is 9.97 Å². The van der Waals surface area contributed by atoms with E-state index in [1.807, 2.05) is 6.07 Å². The minimum absolute atomic E-state index is 0.0494. The van der Waals surface area contributed by atoms with Crippen molar-refractivity contribution in [1.29, 1.82) is 0 Å². The Morgan fingerprint density at radius 2 is 2.09 bits per heavy atom. The summed E-state index contributed by atoms with van der Waals surface area (Å²) in [6, 6.07) is 5.92. The summed E-state index contributed by atoms with van der Waals surface area (Å²) in [6.07, 6.45) is 9.88. The van der Waals surface area contributed by atoms with Crippen molar-refractivity contribution in [3.05, 3.63) is 51.8 Å². The van der Waals surface area contributed by atoms with Crippen LogP contribution in [0.5, 0.6) is 0 Å². The Bertz CT molecular complexity index is 1260. The lowest BCUT2D eigenvalue weighted by Crippen LogP contribution is -2.38. The number of thiophene rings is 1. The fraction of sp³-hybridized carbons (Fsp3) is 0.435. The van der Waals surface area contributed by atoms with Crippen molar-refractivity contribution >= 4 is 39.9 Å². The molecule has 4 aromatic heterocycles. The van der Waals surface area contributed by atoms with E-state index in [9.17, 15) is 4.79 Å². The number of carbonyl (C=O) groups is 1. The molecule has 4 aromatic rings. The second kappa shape index (κ2) is 9.23. The predicted octanol–water partition coefficient (Wildman–Crippen LogP) is 4.84. The van der Waals surface area contributed by atoms with Gasteiger partial charge in [-0.3, -0.25) is 4.79 Å². The molecule has 10 heteroatoms. The number of halogens is 1. The molecule has 33 heavy (non-hydrogen) atoms. The monoisotopic (exact) mass is 483 g/mol. The summed E-state index contributed by atoms with van der Waals surface area (Å²) in [4.78, 5) is 24.3. The van der Waals surface area contributed by atoms with E-state index in [4.69, 9.17) is 16.6 Å². The molecular formula is C23H26ClN7OS. The van der Waals surface area contributed by atoms with E-state index in [2.05, 4.69) is 38.9 Å². The van der Waals surface area contributed by atoms with Gasteiger partial charge >= 0.3 is 0 Å². The predicted molar refractivity (Wildman–Crippen MR) is 129 cm³/mol. The van der Waals surface area contributed by atoms with Gasteiger partial charge < -0.3 is 9.88 Å². The Hall–Kier alpha value is -2.78. The van der Waals surface area contributed by atoms with Crippen LogP contribution in [0.15, 0.2) is 36.8 Å². The lowest BCUT2D eigenvalue weighted by molar-refractivity contribution is 0.0925. The molecule has 1 fully saturated rings. The molecule has 1 amide bonds. The van der Waals surface area contributed by atoms with Gasteiger partial charge in [-0.05, 0) is 43.7 Å². The first-order valence-electron chi connectivity index (χ1n) is 11.3. The highest BCUT2D eigenvalue weighted by molar-refractivity contribution is 7.18. The summed E-state index contributed by atoms with van der Waals surface area (Å²) in [5.74, 6) is 2.16.